The Hall–Kier alpha value is -1.13. The lowest BCUT2D eigenvalue weighted by Crippen LogP contribution is -2.29. The van der Waals surface area contributed by atoms with Gasteiger partial charge >= 0.3 is 0 Å². The Balaban J connectivity index is 1.98. The van der Waals surface area contributed by atoms with Crippen LogP contribution < -0.4 is 10.2 Å². The quantitative estimate of drug-likeness (QED) is 0.777. The van der Waals surface area contributed by atoms with E-state index in [1.54, 1.807) is 0 Å². The Kier molecular flexibility index (Phi) is 5.80. The molecule has 4 nitrogen and oxygen atoms in total. The van der Waals surface area contributed by atoms with Gasteiger partial charge in [0.25, 0.3) is 0 Å². The van der Waals surface area contributed by atoms with Gasteiger partial charge in [0.1, 0.15) is 5.82 Å². The zero-order chi connectivity index (χ0) is 14.4. The molecule has 2 heterocycles. The lowest BCUT2D eigenvalue weighted by Gasteiger charge is -2.22. The first-order valence-electron chi connectivity index (χ1n) is 7.70. The van der Waals surface area contributed by atoms with Gasteiger partial charge in [0, 0.05) is 32.4 Å². The summed E-state index contributed by atoms with van der Waals surface area (Å²) >= 11 is 0. The first-order chi connectivity index (χ1) is 9.69. The smallest absolute Gasteiger partial charge is 0.128 e. The molecule has 1 atom stereocenters. The van der Waals surface area contributed by atoms with Gasteiger partial charge in [0.05, 0.1) is 6.10 Å². The average Bonchev–Trinajstić information content (AvgIpc) is 2.91. The van der Waals surface area contributed by atoms with Crippen LogP contribution in [0.25, 0.3) is 0 Å². The zero-order valence-corrected chi connectivity index (χ0v) is 13.0. The van der Waals surface area contributed by atoms with Crippen LogP contribution >= 0.6 is 0 Å². The van der Waals surface area contributed by atoms with Crippen molar-refractivity contribution >= 4 is 5.82 Å². The van der Waals surface area contributed by atoms with E-state index in [-0.39, 0.29) is 0 Å². The molecular formula is C16H27N3O. The Morgan fingerprint density at radius 1 is 1.45 bits per heavy atom. The van der Waals surface area contributed by atoms with Gasteiger partial charge in [-0.2, -0.15) is 0 Å². The van der Waals surface area contributed by atoms with Crippen molar-refractivity contribution in [3.05, 3.63) is 23.4 Å². The maximum absolute atomic E-state index is 5.70. The number of hydrogen-bond donors (Lipinski definition) is 1. The molecule has 0 bridgehead atoms. The summed E-state index contributed by atoms with van der Waals surface area (Å²) in [6, 6.07) is 4.34. The van der Waals surface area contributed by atoms with Crippen molar-refractivity contribution in [3.63, 3.8) is 0 Å². The lowest BCUT2D eigenvalue weighted by molar-refractivity contribution is 0.116. The van der Waals surface area contributed by atoms with E-state index in [9.17, 15) is 0 Å². The number of nitrogens with one attached hydrogen (secondary N) is 1. The predicted molar refractivity (Wildman–Crippen MR) is 83.2 cm³/mol. The van der Waals surface area contributed by atoms with Crippen LogP contribution in [-0.4, -0.2) is 37.8 Å². The molecule has 4 heteroatoms. The lowest BCUT2D eigenvalue weighted by atomic mass is 10.2. The Bertz CT molecular complexity index is 416. The SMILES string of the molecule is CCCNCc1cc(C)nc(N(C)CC2CCCO2)c1. The fraction of sp³-hybridized carbons (Fsp3) is 0.688. The molecule has 1 N–H and O–H groups in total. The summed E-state index contributed by atoms with van der Waals surface area (Å²) in [5.74, 6) is 1.05. The molecule has 112 valence electrons. The van der Waals surface area contributed by atoms with Crippen molar-refractivity contribution < 1.29 is 4.74 Å². The maximum atomic E-state index is 5.70. The first-order valence-corrected chi connectivity index (χ1v) is 7.70. The minimum absolute atomic E-state index is 0.365. The van der Waals surface area contributed by atoms with Crippen LogP contribution in [0.15, 0.2) is 12.1 Å². The van der Waals surface area contributed by atoms with Gasteiger partial charge in [-0.15, -0.1) is 0 Å². The monoisotopic (exact) mass is 277 g/mol. The van der Waals surface area contributed by atoms with Crippen molar-refractivity contribution in [2.24, 2.45) is 0 Å². The molecule has 0 aliphatic carbocycles. The van der Waals surface area contributed by atoms with Crippen molar-refractivity contribution in [2.75, 3.05) is 31.6 Å². The molecule has 1 aromatic rings. The highest BCUT2D eigenvalue weighted by Gasteiger charge is 2.18. The number of pyridine rings is 1. The summed E-state index contributed by atoms with van der Waals surface area (Å²) in [6.45, 7) is 8.06. The molecule has 1 aliphatic heterocycles. The first kappa shape index (κ1) is 15.3. The minimum atomic E-state index is 0.365. The molecule has 2 rings (SSSR count). The van der Waals surface area contributed by atoms with E-state index in [0.717, 1.165) is 44.2 Å². The van der Waals surface area contributed by atoms with E-state index < -0.39 is 0 Å². The zero-order valence-electron chi connectivity index (χ0n) is 13.0. The summed E-state index contributed by atoms with van der Waals surface area (Å²) in [5, 5.41) is 3.45. The third kappa shape index (κ3) is 4.46. The second kappa shape index (κ2) is 7.60. The molecule has 0 saturated carbocycles. The molecular weight excluding hydrogens is 250 g/mol. The third-order valence-corrected chi connectivity index (χ3v) is 3.65. The number of nitrogens with zero attached hydrogens (tertiary/aromatic N) is 2. The number of likely N-dealkylation sites (N-methyl/N-ethyl adjacent to an activating group) is 1. The molecule has 1 aliphatic rings. The largest absolute Gasteiger partial charge is 0.376 e. The Labute approximate surface area is 122 Å². The molecule has 1 fully saturated rings. The van der Waals surface area contributed by atoms with Crippen LogP contribution in [0.1, 0.15) is 37.4 Å². The summed E-state index contributed by atoms with van der Waals surface area (Å²) < 4.78 is 5.70. The fourth-order valence-electron chi connectivity index (χ4n) is 2.62. The van der Waals surface area contributed by atoms with Gasteiger partial charge in [0.2, 0.25) is 0 Å². The van der Waals surface area contributed by atoms with E-state index in [1.165, 1.54) is 18.4 Å². The van der Waals surface area contributed by atoms with Crippen LogP contribution in [0.5, 0.6) is 0 Å². The molecule has 0 spiro atoms. The summed E-state index contributed by atoms with van der Waals surface area (Å²) in [7, 11) is 2.10. The van der Waals surface area contributed by atoms with E-state index >= 15 is 0 Å². The van der Waals surface area contributed by atoms with Gasteiger partial charge in [-0.05, 0) is 50.4 Å². The van der Waals surface area contributed by atoms with E-state index in [1.807, 2.05) is 0 Å². The highest BCUT2D eigenvalue weighted by atomic mass is 16.5. The van der Waals surface area contributed by atoms with E-state index in [4.69, 9.17) is 4.74 Å². The summed E-state index contributed by atoms with van der Waals surface area (Å²) in [5.41, 5.74) is 2.38. The standard InChI is InChI=1S/C16H27N3O/c1-4-7-17-11-14-9-13(2)18-16(10-14)19(3)12-15-6-5-8-20-15/h9-10,15,17H,4-8,11-12H2,1-3H3. The molecule has 1 unspecified atom stereocenters. The van der Waals surface area contributed by atoms with Crippen molar-refractivity contribution in [2.45, 2.75) is 45.8 Å². The van der Waals surface area contributed by atoms with Crippen LogP contribution in [0, 0.1) is 6.92 Å². The Morgan fingerprint density at radius 2 is 2.30 bits per heavy atom. The Morgan fingerprint density at radius 3 is 3.00 bits per heavy atom. The van der Waals surface area contributed by atoms with Gasteiger partial charge in [-0.3, -0.25) is 0 Å². The molecule has 1 saturated heterocycles. The predicted octanol–water partition coefficient (Wildman–Crippen LogP) is 2.50. The molecule has 1 aromatic heterocycles. The van der Waals surface area contributed by atoms with Gasteiger partial charge in [-0.25, -0.2) is 4.98 Å². The normalized spacial score (nSPS) is 18.4. The average molecular weight is 277 g/mol. The molecule has 0 amide bonds. The van der Waals surface area contributed by atoms with Crippen LogP contribution in [0.3, 0.4) is 0 Å². The number of anilines is 1. The van der Waals surface area contributed by atoms with Crippen molar-refractivity contribution in [3.8, 4) is 0 Å². The third-order valence-electron chi connectivity index (χ3n) is 3.65. The highest BCUT2D eigenvalue weighted by molar-refractivity contribution is 5.42. The molecule has 20 heavy (non-hydrogen) atoms. The van der Waals surface area contributed by atoms with Gasteiger partial charge in [0.15, 0.2) is 0 Å². The van der Waals surface area contributed by atoms with Crippen LogP contribution in [0.2, 0.25) is 0 Å². The van der Waals surface area contributed by atoms with Crippen LogP contribution in [-0.2, 0) is 11.3 Å². The second-order valence-electron chi connectivity index (χ2n) is 5.67. The number of aryl methyl sites for hydroxylation is 1. The van der Waals surface area contributed by atoms with E-state index in [2.05, 4.69) is 48.2 Å². The fourth-order valence-corrected chi connectivity index (χ4v) is 2.62. The number of aromatic nitrogens is 1. The number of hydrogen-bond acceptors (Lipinski definition) is 4. The molecule has 0 radical (unpaired) electrons. The second-order valence-corrected chi connectivity index (χ2v) is 5.67. The van der Waals surface area contributed by atoms with Crippen molar-refractivity contribution in [1.29, 1.82) is 0 Å². The van der Waals surface area contributed by atoms with Crippen LogP contribution in [0.4, 0.5) is 5.82 Å². The highest BCUT2D eigenvalue weighted by Crippen LogP contribution is 2.18. The number of ether oxygens (including phenoxy) is 1. The number of rotatable bonds is 7. The van der Waals surface area contributed by atoms with Crippen molar-refractivity contribution in [1.82, 2.24) is 10.3 Å². The molecule has 0 aromatic carbocycles. The van der Waals surface area contributed by atoms with E-state index in [0.29, 0.717) is 6.10 Å². The summed E-state index contributed by atoms with van der Waals surface area (Å²) in [4.78, 5) is 6.86. The maximum Gasteiger partial charge on any atom is 0.128 e. The summed E-state index contributed by atoms with van der Waals surface area (Å²) in [6.07, 6.45) is 3.88. The van der Waals surface area contributed by atoms with Gasteiger partial charge < -0.3 is 15.0 Å². The topological polar surface area (TPSA) is 37.4 Å². The minimum Gasteiger partial charge on any atom is -0.376 e. The van der Waals surface area contributed by atoms with Gasteiger partial charge in [-0.1, -0.05) is 6.92 Å².